The fraction of sp³-hybridized carbons (Fsp3) is 0.579. The van der Waals surface area contributed by atoms with Gasteiger partial charge in [0.05, 0.1) is 12.5 Å². The lowest BCUT2D eigenvalue weighted by Gasteiger charge is -2.30. The van der Waals surface area contributed by atoms with Gasteiger partial charge in [-0.3, -0.25) is 14.5 Å². The molecule has 1 atom stereocenters. The van der Waals surface area contributed by atoms with E-state index in [1.54, 1.807) is 0 Å². The van der Waals surface area contributed by atoms with Crippen molar-refractivity contribution in [2.45, 2.75) is 32.1 Å². The molecule has 1 aromatic carbocycles. The molecule has 2 heterocycles. The molecule has 6 heteroatoms. The summed E-state index contributed by atoms with van der Waals surface area (Å²) in [6.45, 7) is 3.95. The Morgan fingerprint density at radius 2 is 1.76 bits per heavy atom. The predicted molar refractivity (Wildman–Crippen MR) is 99.5 cm³/mol. The molecule has 0 spiro atoms. The van der Waals surface area contributed by atoms with Crippen LogP contribution in [0.2, 0.25) is 0 Å². The lowest BCUT2D eigenvalue weighted by molar-refractivity contribution is -0.125. The number of amides is 2. The average Bonchev–Trinajstić information content (AvgIpc) is 2.63. The fourth-order valence-corrected chi connectivity index (χ4v) is 3.74. The van der Waals surface area contributed by atoms with Gasteiger partial charge in [0.1, 0.15) is 0 Å². The minimum atomic E-state index is -0.265. The first-order chi connectivity index (χ1) is 12.1. The predicted octanol–water partition coefficient (Wildman–Crippen LogP) is 1.81. The summed E-state index contributed by atoms with van der Waals surface area (Å²) in [5, 5.41) is 2.95. The molecule has 1 aromatic rings. The minimum absolute atomic E-state index is 0.0455. The molecule has 0 radical (unpaired) electrons. The van der Waals surface area contributed by atoms with Gasteiger partial charge in [-0.05, 0) is 62.9 Å². The van der Waals surface area contributed by atoms with Gasteiger partial charge in [0.2, 0.25) is 11.8 Å². The van der Waals surface area contributed by atoms with E-state index in [-0.39, 0.29) is 17.7 Å². The van der Waals surface area contributed by atoms with E-state index in [9.17, 15) is 9.59 Å². The van der Waals surface area contributed by atoms with Crippen LogP contribution in [0.3, 0.4) is 0 Å². The Balaban J connectivity index is 1.50. The van der Waals surface area contributed by atoms with Crippen LogP contribution in [0.15, 0.2) is 24.3 Å². The maximum absolute atomic E-state index is 12.3. The number of nitrogens with zero attached hydrogens (tertiary/aromatic N) is 2. The molecular weight excluding hydrogens is 316 g/mol. The molecule has 0 saturated carbocycles. The number of nitrogens with two attached hydrogens (primary N) is 1. The van der Waals surface area contributed by atoms with Crippen molar-refractivity contribution in [1.82, 2.24) is 4.90 Å². The Morgan fingerprint density at radius 3 is 2.44 bits per heavy atom. The van der Waals surface area contributed by atoms with Gasteiger partial charge in [-0.15, -0.1) is 0 Å². The van der Waals surface area contributed by atoms with E-state index in [0.717, 1.165) is 38.2 Å². The number of carbonyl (C=O) groups excluding carboxylic acids is 2. The molecule has 3 rings (SSSR count). The highest BCUT2D eigenvalue weighted by molar-refractivity contribution is 5.92. The third-order valence-corrected chi connectivity index (χ3v) is 5.15. The number of hydrogen-bond donors (Lipinski definition) is 2. The zero-order valence-corrected chi connectivity index (χ0v) is 14.7. The third-order valence-electron chi connectivity index (χ3n) is 5.15. The van der Waals surface area contributed by atoms with Gasteiger partial charge in [0.15, 0.2) is 0 Å². The molecule has 0 unspecified atom stereocenters. The van der Waals surface area contributed by atoms with Crippen LogP contribution in [0, 0.1) is 5.92 Å². The summed E-state index contributed by atoms with van der Waals surface area (Å²) in [6.07, 6.45) is 5.55. The lowest BCUT2D eigenvalue weighted by Crippen LogP contribution is -2.44. The van der Waals surface area contributed by atoms with Crippen LogP contribution in [-0.2, 0) is 9.59 Å². The van der Waals surface area contributed by atoms with Gasteiger partial charge in [0, 0.05) is 31.0 Å². The van der Waals surface area contributed by atoms with Crippen molar-refractivity contribution in [1.29, 1.82) is 0 Å². The summed E-state index contributed by atoms with van der Waals surface area (Å²) in [5.41, 5.74) is 7.42. The molecule has 0 aromatic heterocycles. The van der Waals surface area contributed by atoms with Gasteiger partial charge in [-0.2, -0.15) is 0 Å². The zero-order valence-electron chi connectivity index (χ0n) is 14.7. The second-order valence-electron chi connectivity index (χ2n) is 7.12. The Kier molecular flexibility index (Phi) is 5.91. The van der Waals surface area contributed by atoms with Crippen molar-refractivity contribution in [2.75, 3.05) is 42.9 Å². The van der Waals surface area contributed by atoms with Crippen LogP contribution in [-0.4, -0.2) is 49.4 Å². The topological polar surface area (TPSA) is 78.7 Å². The highest BCUT2D eigenvalue weighted by atomic mass is 16.2. The maximum atomic E-state index is 12.3. The highest BCUT2D eigenvalue weighted by Gasteiger charge is 2.25. The van der Waals surface area contributed by atoms with E-state index < -0.39 is 0 Å². The normalized spacial score (nSPS) is 21.8. The summed E-state index contributed by atoms with van der Waals surface area (Å²) in [7, 11) is 0. The standard InChI is InChI=1S/C19H28N4O2/c20-19(25)15-5-4-10-22(13-15)14-18(24)21-16-6-8-17(9-7-16)23-11-2-1-3-12-23/h6-9,15H,1-5,10-14H2,(H2,20,25)(H,21,24)/t15-/m0/s1. The number of anilines is 2. The molecular formula is C19H28N4O2. The lowest BCUT2D eigenvalue weighted by atomic mass is 9.97. The molecule has 0 bridgehead atoms. The molecule has 2 aliphatic heterocycles. The molecule has 2 fully saturated rings. The van der Waals surface area contributed by atoms with Gasteiger partial charge in [0.25, 0.3) is 0 Å². The zero-order chi connectivity index (χ0) is 17.6. The summed E-state index contributed by atoms with van der Waals surface area (Å²) < 4.78 is 0. The molecule has 25 heavy (non-hydrogen) atoms. The fourth-order valence-electron chi connectivity index (χ4n) is 3.74. The largest absolute Gasteiger partial charge is 0.372 e. The van der Waals surface area contributed by atoms with Crippen LogP contribution >= 0.6 is 0 Å². The first-order valence-electron chi connectivity index (χ1n) is 9.28. The van der Waals surface area contributed by atoms with Crippen LogP contribution in [0.25, 0.3) is 0 Å². The van der Waals surface area contributed by atoms with Gasteiger partial charge < -0.3 is 16.0 Å². The Bertz CT molecular complexity index is 596. The van der Waals surface area contributed by atoms with E-state index in [0.29, 0.717) is 13.1 Å². The quantitative estimate of drug-likeness (QED) is 0.854. The first kappa shape index (κ1) is 17.7. The number of carbonyl (C=O) groups is 2. The monoisotopic (exact) mass is 344 g/mol. The van der Waals surface area contributed by atoms with E-state index in [2.05, 4.69) is 22.3 Å². The number of rotatable bonds is 5. The van der Waals surface area contributed by atoms with Crippen molar-refractivity contribution in [2.24, 2.45) is 11.7 Å². The van der Waals surface area contributed by atoms with Crippen LogP contribution in [0.1, 0.15) is 32.1 Å². The Hall–Kier alpha value is -2.08. The van der Waals surface area contributed by atoms with Crippen LogP contribution < -0.4 is 16.0 Å². The van der Waals surface area contributed by atoms with Crippen molar-refractivity contribution in [3.05, 3.63) is 24.3 Å². The molecule has 0 aliphatic carbocycles. The van der Waals surface area contributed by atoms with Crippen molar-refractivity contribution in [3.8, 4) is 0 Å². The molecule has 2 saturated heterocycles. The number of likely N-dealkylation sites (tertiary alicyclic amines) is 1. The van der Waals surface area contributed by atoms with Gasteiger partial charge >= 0.3 is 0 Å². The summed E-state index contributed by atoms with van der Waals surface area (Å²) >= 11 is 0. The van der Waals surface area contributed by atoms with E-state index in [4.69, 9.17) is 5.73 Å². The van der Waals surface area contributed by atoms with Crippen molar-refractivity contribution >= 4 is 23.2 Å². The van der Waals surface area contributed by atoms with Crippen LogP contribution in [0.4, 0.5) is 11.4 Å². The molecule has 2 amide bonds. The number of hydrogen-bond acceptors (Lipinski definition) is 4. The number of nitrogens with one attached hydrogen (secondary N) is 1. The van der Waals surface area contributed by atoms with E-state index in [1.165, 1.54) is 24.9 Å². The number of benzene rings is 1. The second kappa shape index (κ2) is 8.34. The Labute approximate surface area is 149 Å². The Morgan fingerprint density at radius 1 is 1.04 bits per heavy atom. The molecule has 2 aliphatic rings. The van der Waals surface area contributed by atoms with E-state index in [1.807, 2.05) is 17.0 Å². The van der Waals surface area contributed by atoms with Gasteiger partial charge in [-0.25, -0.2) is 0 Å². The van der Waals surface area contributed by atoms with Crippen molar-refractivity contribution in [3.63, 3.8) is 0 Å². The van der Waals surface area contributed by atoms with Gasteiger partial charge in [-0.1, -0.05) is 0 Å². The molecule has 6 nitrogen and oxygen atoms in total. The molecule has 136 valence electrons. The second-order valence-corrected chi connectivity index (χ2v) is 7.12. The first-order valence-corrected chi connectivity index (χ1v) is 9.28. The van der Waals surface area contributed by atoms with E-state index >= 15 is 0 Å². The van der Waals surface area contributed by atoms with Crippen LogP contribution in [0.5, 0.6) is 0 Å². The number of primary amides is 1. The maximum Gasteiger partial charge on any atom is 0.238 e. The number of piperidine rings is 2. The molecule has 3 N–H and O–H groups in total. The summed E-state index contributed by atoms with van der Waals surface area (Å²) in [4.78, 5) is 28.0. The SMILES string of the molecule is NC(=O)[C@H]1CCCN(CC(=O)Nc2ccc(N3CCCCC3)cc2)C1. The minimum Gasteiger partial charge on any atom is -0.372 e. The average molecular weight is 344 g/mol. The summed E-state index contributed by atoms with van der Waals surface area (Å²) in [5.74, 6) is -0.445. The highest BCUT2D eigenvalue weighted by Crippen LogP contribution is 2.22. The summed E-state index contributed by atoms with van der Waals surface area (Å²) in [6, 6.07) is 8.07. The smallest absolute Gasteiger partial charge is 0.238 e. The third kappa shape index (κ3) is 4.95. The van der Waals surface area contributed by atoms with Crippen molar-refractivity contribution < 1.29 is 9.59 Å².